The summed E-state index contributed by atoms with van der Waals surface area (Å²) in [6.45, 7) is 4.99. The number of aromatic nitrogens is 4. The van der Waals surface area contributed by atoms with Crippen molar-refractivity contribution in [2.24, 2.45) is 14.1 Å². The normalized spacial score (nSPS) is 12.9. The molecule has 0 aliphatic heterocycles. The molecule has 0 aliphatic carbocycles. The van der Waals surface area contributed by atoms with Crippen LogP contribution >= 0.6 is 0 Å². The molecule has 0 radical (unpaired) electrons. The summed E-state index contributed by atoms with van der Waals surface area (Å²) in [7, 11) is 3.98. The molecule has 0 fully saturated rings. The highest BCUT2D eigenvalue weighted by atomic mass is 15.3. The molecule has 2 heterocycles. The van der Waals surface area contributed by atoms with Gasteiger partial charge in [0.15, 0.2) is 0 Å². The highest BCUT2D eigenvalue weighted by molar-refractivity contribution is 5.20. The zero-order chi connectivity index (χ0) is 12.4. The van der Waals surface area contributed by atoms with Crippen LogP contribution < -0.4 is 5.32 Å². The Kier molecular flexibility index (Phi) is 3.28. The third-order valence-electron chi connectivity index (χ3n) is 2.86. The molecule has 1 atom stereocenters. The SMILES string of the molecule is CCNC(c1nccn1C)c1cc(C)nn1C. The fourth-order valence-electron chi connectivity index (χ4n) is 2.09. The summed E-state index contributed by atoms with van der Waals surface area (Å²) < 4.78 is 3.95. The van der Waals surface area contributed by atoms with E-state index in [4.69, 9.17) is 0 Å². The molecule has 0 saturated heterocycles. The van der Waals surface area contributed by atoms with Crippen molar-refractivity contribution in [3.8, 4) is 0 Å². The van der Waals surface area contributed by atoms with Crippen LogP contribution in [0.2, 0.25) is 0 Å². The lowest BCUT2D eigenvalue weighted by Gasteiger charge is -2.17. The lowest BCUT2D eigenvalue weighted by Crippen LogP contribution is -2.26. The standard InChI is InChI=1S/C12H19N5/c1-5-13-11(12-14-6-7-16(12)3)10-8-9(2)15-17(10)4/h6-8,11,13H,5H2,1-4H3. The van der Waals surface area contributed by atoms with E-state index in [0.29, 0.717) is 0 Å². The molecule has 0 saturated carbocycles. The van der Waals surface area contributed by atoms with E-state index in [1.165, 1.54) is 0 Å². The van der Waals surface area contributed by atoms with Crippen LogP contribution in [0.15, 0.2) is 18.5 Å². The second kappa shape index (κ2) is 4.71. The zero-order valence-corrected chi connectivity index (χ0v) is 10.8. The van der Waals surface area contributed by atoms with E-state index in [1.54, 1.807) is 0 Å². The predicted molar refractivity (Wildman–Crippen MR) is 66.7 cm³/mol. The van der Waals surface area contributed by atoms with Gasteiger partial charge in [-0.05, 0) is 19.5 Å². The molecular weight excluding hydrogens is 214 g/mol. The van der Waals surface area contributed by atoms with Crippen LogP contribution in [0.1, 0.15) is 30.2 Å². The first-order valence-corrected chi connectivity index (χ1v) is 5.84. The minimum Gasteiger partial charge on any atom is -0.336 e. The number of imidazole rings is 1. The maximum absolute atomic E-state index is 4.42. The summed E-state index contributed by atoms with van der Waals surface area (Å²) in [5.74, 6) is 1.01. The summed E-state index contributed by atoms with van der Waals surface area (Å²) in [5, 5.41) is 7.85. The molecule has 2 rings (SSSR count). The Labute approximate surface area is 101 Å². The van der Waals surface area contributed by atoms with Gasteiger partial charge in [0.1, 0.15) is 11.9 Å². The van der Waals surface area contributed by atoms with Crippen LogP contribution in [0, 0.1) is 6.92 Å². The molecule has 5 heteroatoms. The molecule has 92 valence electrons. The van der Waals surface area contributed by atoms with E-state index in [2.05, 4.69) is 28.4 Å². The average molecular weight is 233 g/mol. The van der Waals surface area contributed by atoms with Crippen LogP contribution in [0.3, 0.4) is 0 Å². The van der Waals surface area contributed by atoms with Gasteiger partial charge in [-0.3, -0.25) is 4.68 Å². The van der Waals surface area contributed by atoms with Gasteiger partial charge in [-0.2, -0.15) is 5.10 Å². The van der Waals surface area contributed by atoms with Crippen LogP contribution in [0.5, 0.6) is 0 Å². The van der Waals surface area contributed by atoms with E-state index >= 15 is 0 Å². The van der Waals surface area contributed by atoms with Gasteiger partial charge in [0, 0.05) is 26.5 Å². The summed E-state index contributed by atoms with van der Waals surface area (Å²) in [4.78, 5) is 4.42. The molecule has 0 amide bonds. The van der Waals surface area contributed by atoms with Crippen molar-refractivity contribution >= 4 is 0 Å². The molecule has 0 aromatic carbocycles. The maximum Gasteiger partial charge on any atom is 0.131 e. The first-order valence-electron chi connectivity index (χ1n) is 5.84. The minimum absolute atomic E-state index is 0.0891. The second-order valence-electron chi connectivity index (χ2n) is 4.22. The topological polar surface area (TPSA) is 47.7 Å². The first kappa shape index (κ1) is 11.9. The molecule has 1 unspecified atom stereocenters. The van der Waals surface area contributed by atoms with Gasteiger partial charge < -0.3 is 9.88 Å². The third kappa shape index (κ3) is 2.24. The van der Waals surface area contributed by atoms with E-state index in [9.17, 15) is 0 Å². The van der Waals surface area contributed by atoms with Gasteiger partial charge in [0.25, 0.3) is 0 Å². The lowest BCUT2D eigenvalue weighted by atomic mass is 10.1. The summed E-state index contributed by atoms with van der Waals surface area (Å²) in [6, 6.07) is 2.19. The Balaban J connectivity index is 2.42. The second-order valence-corrected chi connectivity index (χ2v) is 4.22. The van der Waals surface area contributed by atoms with Gasteiger partial charge >= 0.3 is 0 Å². The highest BCUT2D eigenvalue weighted by Gasteiger charge is 2.20. The Morgan fingerprint density at radius 1 is 1.41 bits per heavy atom. The molecule has 0 aliphatic rings. The smallest absolute Gasteiger partial charge is 0.131 e. The van der Waals surface area contributed by atoms with Crippen molar-refractivity contribution in [2.75, 3.05) is 6.54 Å². The lowest BCUT2D eigenvalue weighted by molar-refractivity contribution is 0.534. The van der Waals surface area contributed by atoms with Gasteiger partial charge in [-0.25, -0.2) is 4.98 Å². The highest BCUT2D eigenvalue weighted by Crippen LogP contribution is 2.20. The number of nitrogens with one attached hydrogen (secondary N) is 1. The molecule has 17 heavy (non-hydrogen) atoms. The van der Waals surface area contributed by atoms with E-state index in [-0.39, 0.29) is 6.04 Å². The third-order valence-corrected chi connectivity index (χ3v) is 2.86. The molecule has 5 nitrogen and oxygen atoms in total. The van der Waals surface area contributed by atoms with Crippen molar-refractivity contribution in [2.45, 2.75) is 19.9 Å². The van der Waals surface area contributed by atoms with E-state index < -0.39 is 0 Å². The predicted octanol–water partition coefficient (Wildman–Crippen LogP) is 1.16. The van der Waals surface area contributed by atoms with Gasteiger partial charge in [-0.1, -0.05) is 6.92 Å². The fraction of sp³-hybridized carbons (Fsp3) is 0.500. The van der Waals surface area contributed by atoms with Crippen LogP contribution in [0.25, 0.3) is 0 Å². The van der Waals surface area contributed by atoms with Crippen molar-refractivity contribution in [1.82, 2.24) is 24.6 Å². The summed E-state index contributed by atoms with van der Waals surface area (Å²) in [5.41, 5.74) is 2.17. The van der Waals surface area contributed by atoms with Crippen molar-refractivity contribution < 1.29 is 0 Å². The van der Waals surface area contributed by atoms with Crippen molar-refractivity contribution in [3.63, 3.8) is 0 Å². The number of hydrogen-bond donors (Lipinski definition) is 1. The number of nitrogens with zero attached hydrogens (tertiary/aromatic N) is 4. The van der Waals surface area contributed by atoms with Crippen LogP contribution in [-0.4, -0.2) is 25.9 Å². The van der Waals surface area contributed by atoms with Gasteiger partial charge in [0.05, 0.1) is 11.4 Å². The molecule has 1 N–H and O–H groups in total. The Morgan fingerprint density at radius 3 is 2.65 bits per heavy atom. The van der Waals surface area contributed by atoms with Gasteiger partial charge in [-0.15, -0.1) is 0 Å². The number of hydrogen-bond acceptors (Lipinski definition) is 3. The van der Waals surface area contributed by atoms with Crippen LogP contribution in [0.4, 0.5) is 0 Å². The Bertz CT molecular complexity index is 497. The zero-order valence-electron chi connectivity index (χ0n) is 10.8. The molecule has 2 aromatic heterocycles. The molecular formula is C12H19N5. The number of rotatable bonds is 4. The van der Waals surface area contributed by atoms with Crippen molar-refractivity contribution in [1.29, 1.82) is 0 Å². The van der Waals surface area contributed by atoms with Crippen molar-refractivity contribution in [3.05, 3.63) is 35.7 Å². The van der Waals surface area contributed by atoms with Gasteiger partial charge in [0.2, 0.25) is 0 Å². The minimum atomic E-state index is 0.0891. The Morgan fingerprint density at radius 2 is 2.18 bits per heavy atom. The van der Waals surface area contributed by atoms with Crippen LogP contribution in [-0.2, 0) is 14.1 Å². The summed E-state index contributed by atoms with van der Waals surface area (Å²) >= 11 is 0. The number of aryl methyl sites for hydroxylation is 3. The largest absolute Gasteiger partial charge is 0.336 e. The van der Waals surface area contributed by atoms with E-state index in [0.717, 1.165) is 23.8 Å². The molecule has 0 spiro atoms. The summed E-state index contributed by atoms with van der Waals surface area (Å²) in [6.07, 6.45) is 3.78. The maximum atomic E-state index is 4.42. The molecule has 0 bridgehead atoms. The molecule has 2 aromatic rings. The monoisotopic (exact) mass is 233 g/mol. The quantitative estimate of drug-likeness (QED) is 0.862. The first-order chi connectivity index (χ1) is 8.13. The fourth-order valence-corrected chi connectivity index (χ4v) is 2.09. The average Bonchev–Trinajstić information content (AvgIpc) is 2.82. The Hall–Kier alpha value is -1.62. The van der Waals surface area contributed by atoms with E-state index in [1.807, 2.05) is 42.7 Å².